The van der Waals surface area contributed by atoms with Crippen LogP contribution in [-0.2, 0) is 19.4 Å². The molecule has 2 amide bonds. The number of hydrogen-bond acceptors (Lipinski definition) is 3. The lowest BCUT2D eigenvalue weighted by atomic mass is 10.00. The fourth-order valence-electron chi connectivity index (χ4n) is 3.82. The van der Waals surface area contributed by atoms with Crippen molar-refractivity contribution in [3.8, 4) is 0 Å². The Morgan fingerprint density at radius 2 is 1.74 bits per heavy atom. The van der Waals surface area contributed by atoms with E-state index in [1.54, 1.807) is 23.5 Å². The van der Waals surface area contributed by atoms with Crippen LogP contribution in [0.5, 0.6) is 0 Å². The Bertz CT molecular complexity index is 811. The van der Waals surface area contributed by atoms with Crippen LogP contribution in [0.2, 0.25) is 0 Å². The number of primary amides is 1. The van der Waals surface area contributed by atoms with E-state index in [0.717, 1.165) is 36.1 Å². The van der Waals surface area contributed by atoms with Crippen LogP contribution in [0, 0.1) is 0 Å². The predicted octanol–water partition coefficient (Wildman–Crippen LogP) is 4.31. The van der Waals surface area contributed by atoms with Gasteiger partial charge >= 0.3 is 0 Å². The van der Waals surface area contributed by atoms with E-state index in [9.17, 15) is 9.59 Å². The van der Waals surface area contributed by atoms with E-state index >= 15 is 0 Å². The maximum Gasteiger partial charge on any atom is 0.264 e. The molecular formula is C22H26N2O2S. The van der Waals surface area contributed by atoms with Gasteiger partial charge in [-0.3, -0.25) is 9.59 Å². The molecule has 2 N–H and O–H groups in total. The molecule has 2 aromatic rings. The Kier molecular flexibility index (Phi) is 5.30. The zero-order chi connectivity index (χ0) is 18.8. The highest BCUT2D eigenvalue weighted by Crippen LogP contribution is 2.34. The Labute approximate surface area is 164 Å². The Balaban J connectivity index is 1.52. The molecule has 0 bridgehead atoms. The molecule has 0 radical (unpaired) electrons. The van der Waals surface area contributed by atoms with E-state index < -0.39 is 5.91 Å². The topological polar surface area (TPSA) is 63.4 Å². The van der Waals surface area contributed by atoms with Gasteiger partial charge in [-0.15, -0.1) is 11.3 Å². The van der Waals surface area contributed by atoms with Gasteiger partial charge in [0.2, 0.25) is 5.91 Å². The van der Waals surface area contributed by atoms with Crippen LogP contribution in [0.1, 0.15) is 74.6 Å². The largest absolute Gasteiger partial charge is 0.366 e. The second-order valence-corrected chi connectivity index (χ2v) is 8.84. The molecular weight excluding hydrogens is 356 g/mol. The van der Waals surface area contributed by atoms with Crippen molar-refractivity contribution in [2.75, 3.05) is 0 Å². The highest BCUT2D eigenvalue weighted by Gasteiger charge is 2.34. The average molecular weight is 383 g/mol. The Morgan fingerprint density at radius 1 is 1.04 bits per heavy atom. The monoisotopic (exact) mass is 382 g/mol. The second kappa shape index (κ2) is 7.85. The highest BCUT2D eigenvalue weighted by atomic mass is 32.1. The summed E-state index contributed by atoms with van der Waals surface area (Å²) in [5.74, 6) is -0.263. The van der Waals surface area contributed by atoms with Gasteiger partial charge in [0.25, 0.3) is 5.91 Å². The van der Waals surface area contributed by atoms with Crippen LogP contribution in [0.4, 0.5) is 0 Å². The van der Waals surface area contributed by atoms with Gasteiger partial charge in [0.1, 0.15) is 0 Å². The van der Waals surface area contributed by atoms with Gasteiger partial charge in [-0.2, -0.15) is 0 Å². The van der Waals surface area contributed by atoms with Crippen molar-refractivity contribution in [1.29, 1.82) is 0 Å². The molecule has 0 aliphatic heterocycles. The summed E-state index contributed by atoms with van der Waals surface area (Å²) >= 11 is 1.70. The van der Waals surface area contributed by atoms with E-state index in [-0.39, 0.29) is 5.91 Å². The van der Waals surface area contributed by atoms with Crippen molar-refractivity contribution in [3.05, 3.63) is 56.8 Å². The van der Waals surface area contributed by atoms with Crippen LogP contribution in [0.25, 0.3) is 0 Å². The van der Waals surface area contributed by atoms with Crippen LogP contribution < -0.4 is 5.73 Å². The smallest absolute Gasteiger partial charge is 0.264 e. The summed E-state index contributed by atoms with van der Waals surface area (Å²) in [6.07, 6.45) is 9.45. The minimum Gasteiger partial charge on any atom is -0.366 e. The van der Waals surface area contributed by atoms with E-state index in [0.29, 0.717) is 18.2 Å². The molecule has 1 heterocycles. The molecule has 0 unspecified atom stereocenters. The van der Waals surface area contributed by atoms with E-state index in [4.69, 9.17) is 5.73 Å². The summed E-state index contributed by atoms with van der Waals surface area (Å²) in [4.78, 5) is 28.8. The van der Waals surface area contributed by atoms with Gasteiger partial charge in [-0.25, -0.2) is 0 Å². The van der Waals surface area contributed by atoms with Crippen molar-refractivity contribution in [3.63, 3.8) is 0 Å². The van der Waals surface area contributed by atoms with E-state index in [1.807, 2.05) is 17.0 Å². The van der Waals surface area contributed by atoms with Gasteiger partial charge in [-0.05, 0) is 67.9 Å². The average Bonchev–Trinajstić information content (AvgIpc) is 3.41. The molecule has 27 heavy (non-hydrogen) atoms. The van der Waals surface area contributed by atoms with Gasteiger partial charge < -0.3 is 10.6 Å². The zero-order valence-corrected chi connectivity index (χ0v) is 16.4. The predicted molar refractivity (Wildman–Crippen MR) is 108 cm³/mol. The van der Waals surface area contributed by atoms with Crippen LogP contribution >= 0.6 is 11.3 Å². The molecule has 0 spiro atoms. The fraction of sp³-hybridized carbons (Fsp3) is 0.455. The Hall–Kier alpha value is -2.14. The molecule has 0 saturated heterocycles. The van der Waals surface area contributed by atoms with Crippen molar-refractivity contribution in [1.82, 2.24) is 4.90 Å². The molecule has 1 saturated carbocycles. The summed E-state index contributed by atoms with van der Waals surface area (Å²) in [6, 6.07) is 9.78. The number of amides is 2. The molecule has 1 aromatic heterocycles. The lowest BCUT2D eigenvalue weighted by Crippen LogP contribution is -2.32. The normalized spacial score (nSPS) is 16.9. The molecule has 5 heteroatoms. The van der Waals surface area contributed by atoms with E-state index in [1.165, 1.54) is 36.1 Å². The summed E-state index contributed by atoms with van der Waals surface area (Å²) in [6.45, 7) is 0.588. The van der Waals surface area contributed by atoms with Gasteiger partial charge in [0.05, 0.1) is 4.88 Å². The minimum atomic E-state index is -0.423. The molecule has 2 aliphatic rings. The zero-order valence-electron chi connectivity index (χ0n) is 15.6. The number of nitrogens with zero attached hydrogens (tertiary/aromatic N) is 1. The lowest BCUT2D eigenvalue weighted by Gasteiger charge is -2.22. The van der Waals surface area contributed by atoms with Crippen LogP contribution in [-0.4, -0.2) is 22.8 Å². The number of nitrogens with two attached hydrogens (primary N) is 1. The number of hydrogen-bond donors (Lipinski definition) is 1. The van der Waals surface area contributed by atoms with Crippen molar-refractivity contribution >= 4 is 23.2 Å². The second-order valence-electron chi connectivity index (χ2n) is 7.70. The maximum absolute atomic E-state index is 13.3. The third-order valence-corrected chi connectivity index (χ3v) is 6.77. The molecule has 4 rings (SSSR count). The van der Waals surface area contributed by atoms with Gasteiger partial charge in [-0.1, -0.05) is 25.0 Å². The highest BCUT2D eigenvalue weighted by molar-refractivity contribution is 7.14. The van der Waals surface area contributed by atoms with Crippen LogP contribution in [0.15, 0.2) is 30.3 Å². The first kappa shape index (κ1) is 18.2. The molecule has 4 nitrogen and oxygen atoms in total. The standard InChI is InChI=1S/C22H26N2O2S/c23-21(25)16-9-7-15(8-10-16)14-24(18-11-12-18)22(26)20-13-17-5-3-1-2-4-6-19(17)27-20/h7-10,13,18H,1-6,11-12,14H2,(H2,23,25). The third-order valence-electron chi connectivity index (χ3n) is 5.55. The fourth-order valence-corrected chi connectivity index (χ4v) is 5.02. The molecule has 0 atom stereocenters. The minimum absolute atomic E-state index is 0.160. The van der Waals surface area contributed by atoms with Gasteiger partial charge in [0.15, 0.2) is 0 Å². The molecule has 1 aromatic carbocycles. The Morgan fingerprint density at radius 3 is 2.41 bits per heavy atom. The van der Waals surface area contributed by atoms with Crippen molar-refractivity contribution < 1.29 is 9.59 Å². The summed E-state index contributed by atoms with van der Waals surface area (Å²) < 4.78 is 0. The number of benzene rings is 1. The lowest BCUT2D eigenvalue weighted by molar-refractivity contribution is 0.0734. The van der Waals surface area contributed by atoms with Gasteiger partial charge in [0, 0.05) is 23.0 Å². The number of carbonyl (C=O) groups excluding carboxylic acids is 2. The van der Waals surface area contributed by atoms with Crippen molar-refractivity contribution in [2.45, 2.75) is 64.0 Å². The molecule has 2 aliphatic carbocycles. The number of rotatable bonds is 5. The molecule has 1 fully saturated rings. The quantitative estimate of drug-likeness (QED) is 0.837. The number of aryl methyl sites for hydroxylation is 2. The van der Waals surface area contributed by atoms with E-state index in [2.05, 4.69) is 6.07 Å². The van der Waals surface area contributed by atoms with Crippen molar-refractivity contribution in [2.24, 2.45) is 5.73 Å². The number of fused-ring (bicyclic) bond motifs is 1. The summed E-state index contributed by atoms with van der Waals surface area (Å²) in [5, 5.41) is 0. The first-order valence-corrected chi connectivity index (χ1v) is 10.7. The van der Waals surface area contributed by atoms with Crippen LogP contribution in [0.3, 0.4) is 0 Å². The SMILES string of the molecule is NC(=O)c1ccc(CN(C(=O)c2cc3c(s2)CCCCCC3)C2CC2)cc1. The summed E-state index contributed by atoms with van der Waals surface area (Å²) in [7, 11) is 0. The first-order chi connectivity index (χ1) is 13.1. The third kappa shape index (κ3) is 4.24. The number of carbonyl (C=O) groups is 2. The summed E-state index contributed by atoms with van der Waals surface area (Å²) in [5.41, 5.74) is 8.25. The molecule has 142 valence electrons. The number of thiophene rings is 1. The maximum atomic E-state index is 13.3. The first-order valence-electron chi connectivity index (χ1n) is 9.93.